The molecule has 0 radical (unpaired) electrons. The number of anilines is 1. The topological polar surface area (TPSA) is 15.3 Å². The summed E-state index contributed by atoms with van der Waals surface area (Å²) in [5, 5.41) is 3.49. The van der Waals surface area contributed by atoms with Gasteiger partial charge in [-0.2, -0.15) is 0 Å². The van der Waals surface area contributed by atoms with E-state index in [-0.39, 0.29) is 0 Å². The van der Waals surface area contributed by atoms with Gasteiger partial charge in [0, 0.05) is 24.7 Å². The lowest BCUT2D eigenvalue weighted by Crippen LogP contribution is -2.26. The molecule has 2 nitrogen and oxygen atoms in total. The fourth-order valence-corrected chi connectivity index (χ4v) is 2.51. The number of benzene rings is 1. The van der Waals surface area contributed by atoms with Crippen molar-refractivity contribution in [2.45, 2.75) is 19.3 Å². The van der Waals surface area contributed by atoms with Crippen LogP contribution in [0.15, 0.2) is 36.9 Å². The molecule has 0 saturated heterocycles. The largest absolute Gasteiger partial charge is 0.384 e. The molecule has 0 aromatic heterocycles. The third-order valence-electron chi connectivity index (χ3n) is 3.57. The number of nitrogens with one attached hydrogen (secondary N) is 1. The Kier molecular flexibility index (Phi) is 4.21. The van der Waals surface area contributed by atoms with E-state index in [0.717, 1.165) is 26.2 Å². The summed E-state index contributed by atoms with van der Waals surface area (Å²) in [6.07, 6.45) is 3.22. The molecule has 0 aliphatic carbocycles. The fraction of sp³-hybridized carbons (Fsp3) is 0.467. The summed E-state index contributed by atoms with van der Waals surface area (Å²) in [5.74, 6) is 0.671. The van der Waals surface area contributed by atoms with Crippen molar-refractivity contribution in [3.05, 3.63) is 42.5 Å². The van der Waals surface area contributed by atoms with E-state index in [1.165, 1.54) is 17.7 Å². The first-order valence-corrected chi connectivity index (χ1v) is 6.51. The smallest absolute Gasteiger partial charge is 0.0376 e. The van der Waals surface area contributed by atoms with Gasteiger partial charge in [0.25, 0.3) is 0 Å². The normalized spacial score (nSPS) is 17.9. The van der Waals surface area contributed by atoms with Crippen molar-refractivity contribution in [1.29, 1.82) is 0 Å². The van der Waals surface area contributed by atoms with Crippen molar-refractivity contribution in [3.63, 3.8) is 0 Å². The maximum absolute atomic E-state index is 3.81. The summed E-state index contributed by atoms with van der Waals surface area (Å²) in [7, 11) is 0. The molecule has 1 aromatic rings. The molecule has 1 aliphatic heterocycles. The Balaban J connectivity index is 1.91. The minimum absolute atomic E-state index is 0.671. The Morgan fingerprint density at radius 2 is 2.29 bits per heavy atom. The molecule has 1 atom stereocenters. The van der Waals surface area contributed by atoms with E-state index in [1.54, 1.807) is 0 Å². The average molecular weight is 230 g/mol. The summed E-state index contributed by atoms with van der Waals surface area (Å²) < 4.78 is 0. The van der Waals surface area contributed by atoms with Gasteiger partial charge in [0.15, 0.2) is 0 Å². The first-order valence-electron chi connectivity index (χ1n) is 6.51. The van der Waals surface area contributed by atoms with Crippen molar-refractivity contribution in [2.75, 3.05) is 31.5 Å². The zero-order valence-corrected chi connectivity index (χ0v) is 10.7. The predicted octanol–water partition coefficient (Wildman–Crippen LogP) is 3.09. The Hall–Kier alpha value is -1.28. The van der Waals surface area contributed by atoms with Gasteiger partial charge in [0.05, 0.1) is 0 Å². The summed E-state index contributed by atoms with van der Waals surface area (Å²) in [6.45, 7) is 10.4. The zero-order valence-electron chi connectivity index (χ0n) is 10.7. The van der Waals surface area contributed by atoms with Gasteiger partial charge in [-0.15, -0.1) is 6.58 Å². The minimum atomic E-state index is 0.671. The number of rotatable bonds is 6. The quantitative estimate of drug-likeness (QED) is 0.755. The minimum Gasteiger partial charge on any atom is -0.384 e. The monoisotopic (exact) mass is 230 g/mol. The molecular formula is C15H22N2. The number of nitrogens with zero attached hydrogens (tertiary/aromatic N) is 1. The lowest BCUT2D eigenvalue weighted by Gasteiger charge is -2.20. The van der Waals surface area contributed by atoms with Crippen LogP contribution in [0.25, 0.3) is 0 Å². The number of likely N-dealkylation sites (N-methyl/N-ethyl adjacent to an activating group) is 1. The van der Waals surface area contributed by atoms with Crippen LogP contribution >= 0.6 is 0 Å². The van der Waals surface area contributed by atoms with Crippen molar-refractivity contribution >= 4 is 5.69 Å². The summed E-state index contributed by atoms with van der Waals surface area (Å²) >= 11 is 0. The van der Waals surface area contributed by atoms with E-state index in [1.807, 2.05) is 6.08 Å². The molecule has 0 fully saturated rings. The Morgan fingerprint density at radius 1 is 1.47 bits per heavy atom. The molecule has 1 aromatic carbocycles. The van der Waals surface area contributed by atoms with Crippen LogP contribution in [0.1, 0.15) is 24.8 Å². The highest BCUT2D eigenvalue weighted by molar-refractivity contribution is 5.57. The molecule has 1 unspecified atom stereocenters. The van der Waals surface area contributed by atoms with Crippen molar-refractivity contribution < 1.29 is 0 Å². The highest BCUT2D eigenvalue weighted by atomic mass is 15.1. The Morgan fingerprint density at radius 3 is 3.06 bits per heavy atom. The van der Waals surface area contributed by atoms with Crippen LogP contribution in [0.5, 0.6) is 0 Å². The Labute approximate surface area is 104 Å². The van der Waals surface area contributed by atoms with E-state index >= 15 is 0 Å². The molecule has 1 aliphatic rings. The van der Waals surface area contributed by atoms with Crippen LogP contribution in [0.2, 0.25) is 0 Å². The van der Waals surface area contributed by atoms with Gasteiger partial charge in [0.1, 0.15) is 0 Å². The average Bonchev–Trinajstić information content (AvgIpc) is 2.78. The molecule has 1 heterocycles. The van der Waals surface area contributed by atoms with Crippen molar-refractivity contribution in [1.82, 2.24) is 4.90 Å². The summed E-state index contributed by atoms with van der Waals surface area (Å²) in [5.41, 5.74) is 2.81. The molecule has 17 heavy (non-hydrogen) atoms. The van der Waals surface area contributed by atoms with Gasteiger partial charge in [-0.1, -0.05) is 31.2 Å². The first-order chi connectivity index (χ1) is 8.35. The lowest BCUT2D eigenvalue weighted by molar-refractivity contribution is 0.306. The molecule has 92 valence electrons. The van der Waals surface area contributed by atoms with Crippen LogP contribution in [0, 0.1) is 0 Å². The number of hydrogen-bond acceptors (Lipinski definition) is 2. The lowest BCUT2D eigenvalue weighted by atomic mass is 9.98. The van der Waals surface area contributed by atoms with Gasteiger partial charge < -0.3 is 5.32 Å². The van der Waals surface area contributed by atoms with Crippen LogP contribution in [-0.2, 0) is 0 Å². The third kappa shape index (κ3) is 2.89. The van der Waals surface area contributed by atoms with Gasteiger partial charge in [-0.3, -0.25) is 4.90 Å². The number of hydrogen-bond donors (Lipinski definition) is 1. The molecule has 0 amide bonds. The number of fused-ring (bicyclic) bond motifs is 1. The third-order valence-corrected chi connectivity index (χ3v) is 3.57. The highest BCUT2D eigenvalue weighted by Gasteiger charge is 2.21. The van der Waals surface area contributed by atoms with E-state index in [9.17, 15) is 0 Å². The molecule has 0 saturated carbocycles. The van der Waals surface area contributed by atoms with Gasteiger partial charge >= 0.3 is 0 Å². The van der Waals surface area contributed by atoms with Crippen LogP contribution in [0.4, 0.5) is 5.69 Å². The molecule has 2 rings (SSSR count). The predicted molar refractivity (Wildman–Crippen MR) is 74.6 cm³/mol. The molecule has 2 heteroatoms. The first kappa shape index (κ1) is 12.2. The van der Waals surface area contributed by atoms with Crippen LogP contribution in [-0.4, -0.2) is 31.1 Å². The molecule has 1 N–H and O–H groups in total. The standard InChI is InChI=1S/C15H22N2/c1-3-10-17(4-2)11-9-13-12-16-15-8-6-5-7-14(13)15/h3,5-8,13,16H,1,4,9-12H2,2H3. The maximum atomic E-state index is 3.81. The number of para-hydroxylation sites is 1. The second-order valence-electron chi connectivity index (χ2n) is 4.64. The fourth-order valence-electron chi connectivity index (χ4n) is 2.51. The van der Waals surface area contributed by atoms with Gasteiger partial charge in [-0.25, -0.2) is 0 Å². The van der Waals surface area contributed by atoms with Crippen molar-refractivity contribution in [2.24, 2.45) is 0 Å². The second kappa shape index (κ2) is 5.87. The van der Waals surface area contributed by atoms with E-state index in [0.29, 0.717) is 5.92 Å². The van der Waals surface area contributed by atoms with Gasteiger partial charge in [-0.05, 0) is 31.1 Å². The molecular weight excluding hydrogens is 208 g/mol. The van der Waals surface area contributed by atoms with Crippen LogP contribution < -0.4 is 5.32 Å². The molecule has 0 bridgehead atoms. The SMILES string of the molecule is C=CCN(CC)CCC1CNc2ccccc21. The Bertz CT molecular complexity index is 373. The van der Waals surface area contributed by atoms with E-state index in [2.05, 4.69) is 48.0 Å². The van der Waals surface area contributed by atoms with E-state index in [4.69, 9.17) is 0 Å². The van der Waals surface area contributed by atoms with Crippen molar-refractivity contribution in [3.8, 4) is 0 Å². The van der Waals surface area contributed by atoms with Crippen LogP contribution in [0.3, 0.4) is 0 Å². The zero-order chi connectivity index (χ0) is 12.1. The van der Waals surface area contributed by atoms with E-state index < -0.39 is 0 Å². The highest BCUT2D eigenvalue weighted by Crippen LogP contribution is 2.33. The summed E-state index contributed by atoms with van der Waals surface area (Å²) in [4.78, 5) is 2.44. The second-order valence-corrected chi connectivity index (χ2v) is 4.64. The van der Waals surface area contributed by atoms with Gasteiger partial charge in [0.2, 0.25) is 0 Å². The summed E-state index contributed by atoms with van der Waals surface area (Å²) in [6, 6.07) is 8.67. The molecule has 0 spiro atoms. The maximum Gasteiger partial charge on any atom is 0.0376 e.